The lowest BCUT2D eigenvalue weighted by Gasteiger charge is -2.30. The van der Waals surface area contributed by atoms with Crippen LogP contribution in [0.3, 0.4) is 0 Å². The molecule has 17 heavy (non-hydrogen) atoms. The summed E-state index contributed by atoms with van der Waals surface area (Å²) in [5, 5.41) is 9.48. The molecule has 0 aromatic heterocycles. The first-order chi connectivity index (χ1) is 7.49. The van der Waals surface area contributed by atoms with E-state index in [1.54, 1.807) is 0 Å². The van der Waals surface area contributed by atoms with Crippen molar-refractivity contribution in [2.24, 2.45) is 11.5 Å². The highest BCUT2D eigenvalue weighted by Gasteiger charge is 2.17. The summed E-state index contributed by atoms with van der Waals surface area (Å²) in [6.45, 7) is 12.4. The Balaban J connectivity index is 4.15. The van der Waals surface area contributed by atoms with Crippen molar-refractivity contribution in [3.8, 4) is 0 Å². The molecular formula is C13H31N3O. The lowest BCUT2D eigenvalue weighted by molar-refractivity contribution is 0.117. The van der Waals surface area contributed by atoms with Crippen molar-refractivity contribution >= 4 is 0 Å². The quantitative estimate of drug-likeness (QED) is 0.594. The van der Waals surface area contributed by atoms with Crippen LogP contribution >= 0.6 is 0 Å². The monoisotopic (exact) mass is 245 g/mol. The van der Waals surface area contributed by atoms with Gasteiger partial charge in [-0.2, -0.15) is 0 Å². The first-order valence-electron chi connectivity index (χ1n) is 6.48. The zero-order chi connectivity index (χ0) is 13.7. The van der Waals surface area contributed by atoms with Crippen LogP contribution in [0.15, 0.2) is 0 Å². The summed E-state index contributed by atoms with van der Waals surface area (Å²) in [4.78, 5) is 2.24. The standard InChI is InChI=1S/C13H31N3O/c1-11(17)10-16(8-6-12(2,3)14)9-7-13(4,5)15/h11,17H,6-10,14-15H2,1-5H3. The molecule has 4 nitrogen and oxygen atoms in total. The van der Waals surface area contributed by atoms with Crippen molar-refractivity contribution in [2.45, 2.75) is 64.6 Å². The topological polar surface area (TPSA) is 75.5 Å². The molecular weight excluding hydrogens is 214 g/mol. The molecule has 5 N–H and O–H groups in total. The SMILES string of the molecule is CC(O)CN(CCC(C)(C)N)CCC(C)(C)N. The van der Waals surface area contributed by atoms with E-state index in [0.717, 1.165) is 25.9 Å². The van der Waals surface area contributed by atoms with Gasteiger partial charge in [0, 0.05) is 17.6 Å². The maximum absolute atomic E-state index is 9.48. The molecule has 0 rings (SSSR count). The van der Waals surface area contributed by atoms with Crippen LogP contribution in [0.2, 0.25) is 0 Å². The zero-order valence-electron chi connectivity index (χ0n) is 12.2. The largest absolute Gasteiger partial charge is 0.392 e. The molecule has 0 saturated carbocycles. The summed E-state index contributed by atoms with van der Waals surface area (Å²) in [5.41, 5.74) is 11.7. The van der Waals surface area contributed by atoms with Crippen LogP contribution < -0.4 is 11.5 Å². The highest BCUT2D eigenvalue weighted by molar-refractivity contribution is 4.78. The predicted molar refractivity (Wildman–Crippen MR) is 73.9 cm³/mol. The molecule has 0 spiro atoms. The fourth-order valence-corrected chi connectivity index (χ4v) is 1.56. The third-order valence-electron chi connectivity index (χ3n) is 2.67. The van der Waals surface area contributed by atoms with Crippen molar-refractivity contribution in [1.29, 1.82) is 0 Å². The first kappa shape index (κ1) is 16.8. The number of aliphatic hydroxyl groups excluding tert-OH is 1. The Kier molecular flexibility index (Phi) is 6.62. The summed E-state index contributed by atoms with van der Waals surface area (Å²) < 4.78 is 0. The Bertz CT molecular complexity index is 186. The smallest absolute Gasteiger partial charge is 0.0639 e. The van der Waals surface area contributed by atoms with E-state index >= 15 is 0 Å². The molecule has 4 heteroatoms. The molecule has 0 saturated heterocycles. The maximum atomic E-state index is 9.48. The van der Waals surface area contributed by atoms with Crippen LogP contribution in [0.25, 0.3) is 0 Å². The summed E-state index contributed by atoms with van der Waals surface area (Å²) in [5.74, 6) is 0. The first-order valence-corrected chi connectivity index (χ1v) is 6.48. The van der Waals surface area contributed by atoms with Gasteiger partial charge >= 0.3 is 0 Å². The van der Waals surface area contributed by atoms with E-state index in [4.69, 9.17) is 11.5 Å². The average Bonchev–Trinajstić information content (AvgIpc) is 2.06. The van der Waals surface area contributed by atoms with Crippen molar-refractivity contribution in [1.82, 2.24) is 4.90 Å². The van der Waals surface area contributed by atoms with E-state index in [2.05, 4.69) is 4.90 Å². The number of rotatable bonds is 8. The van der Waals surface area contributed by atoms with Gasteiger partial charge in [-0.05, 0) is 60.5 Å². The van der Waals surface area contributed by atoms with Gasteiger partial charge in [-0.15, -0.1) is 0 Å². The molecule has 0 aromatic rings. The van der Waals surface area contributed by atoms with Crippen LogP contribution in [-0.2, 0) is 0 Å². The van der Waals surface area contributed by atoms with Gasteiger partial charge in [-0.25, -0.2) is 0 Å². The van der Waals surface area contributed by atoms with Gasteiger partial charge < -0.3 is 21.5 Å². The van der Waals surface area contributed by atoms with Crippen LogP contribution in [-0.4, -0.2) is 46.8 Å². The van der Waals surface area contributed by atoms with Crippen LogP contribution in [0.5, 0.6) is 0 Å². The zero-order valence-corrected chi connectivity index (χ0v) is 12.2. The Hall–Kier alpha value is -0.160. The second-order valence-corrected chi connectivity index (χ2v) is 6.63. The van der Waals surface area contributed by atoms with Crippen LogP contribution in [0, 0.1) is 0 Å². The lowest BCUT2D eigenvalue weighted by atomic mass is 10.00. The van der Waals surface area contributed by atoms with Gasteiger partial charge in [0.15, 0.2) is 0 Å². The summed E-state index contributed by atoms with van der Waals surface area (Å²) in [6, 6.07) is 0. The Morgan fingerprint density at radius 2 is 1.35 bits per heavy atom. The lowest BCUT2D eigenvalue weighted by Crippen LogP contribution is -2.42. The Morgan fingerprint density at radius 3 is 1.59 bits per heavy atom. The molecule has 0 aliphatic heterocycles. The molecule has 0 amide bonds. The summed E-state index contributed by atoms with van der Waals surface area (Å²) >= 11 is 0. The number of nitrogens with two attached hydrogens (primary N) is 2. The third kappa shape index (κ3) is 12.1. The molecule has 0 heterocycles. The minimum Gasteiger partial charge on any atom is -0.392 e. The van der Waals surface area contributed by atoms with Gasteiger partial charge in [0.05, 0.1) is 6.10 Å². The third-order valence-corrected chi connectivity index (χ3v) is 2.67. The van der Waals surface area contributed by atoms with Crippen molar-refractivity contribution in [3.05, 3.63) is 0 Å². The van der Waals surface area contributed by atoms with Crippen molar-refractivity contribution in [3.63, 3.8) is 0 Å². The molecule has 0 aliphatic rings. The summed E-state index contributed by atoms with van der Waals surface area (Å²) in [6.07, 6.45) is 1.53. The maximum Gasteiger partial charge on any atom is 0.0639 e. The van der Waals surface area contributed by atoms with Crippen molar-refractivity contribution in [2.75, 3.05) is 19.6 Å². The Morgan fingerprint density at radius 1 is 1.00 bits per heavy atom. The number of hydrogen-bond acceptors (Lipinski definition) is 4. The van der Waals surface area contributed by atoms with E-state index in [1.807, 2.05) is 34.6 Å². The average molecular weight is 245 g/mol. The highest BCUT2D eigenvalue weighted by Crippen LogP contribution is 2.09. The minimum atomic E-state index is -0.309. The fourth-order valence-electron chi connectivity index (χ4n) is 1.56. The molecule has 1 unspecified atom stereocenters. The molecule has 0 fully saturated rings. The van der Waals surface area contributed by atoms with E-state index in [9.17, 15) is 5.11 Å². The highest BCUT2D eigenvalue weighted by atomic mass is 16.3. The summed E-state index contributed by atoms with van der Waals surface area (Å²) in [7, 11) is 0. The number of hydrogen-bond donors (Lipinski definition) is 3. The molecule has 0 bridgehead atoms. The van der Waals surface area contributed by atoms with Gasteiger partial charge in [0.25, 0.3) is 0 Å². The molecule has 104 valence electrons. The van der Waals surface area contributed by atoms with Gasteiger partial charge in [0.2, 0.25) is 0 Å². The molecule has 0 aromatic carbocycles. The normalized spacial score (nSPS) is 15.4. The van der Waals surface area contributed by atoms with Gasteiger partial charge in [-0.1, -0.05) is 0 Å². The second-order valence-electron chi connectivity index (χ2n) is 6.63. The van der Waals surface area contributed by atoms with E-state index < -0.39 is 0 Å². The fraction of sp³-hybridized carbons (Fsp3) is 1.00. The van der Waals surface area contributed by atoms with E-state index in [0.29, 0.717) is 6.54 Å². The molecule has 0 aliphatic carbocycles. The second kappa shape index (κ2) is 6.69. The number of aliphatic hydroxyl groups is 1. The van der Waals surface area contributed by atoms with Gasteiger partial charge in [0.1, 0.15) is 0 Å². The van der Waals surface area contributed by atoms with Crippen molar-refractivity contribution < 1.29 is 5.11 Å². The van der Waals surface area contributed by atoms with E-state index in [-0.39, 0.29) is 17.2 Å². The Labute approximate surface area is 106 Å². The minimum absolute atomic E-state index is 0.158. The number of nitrogens with zero attached hydrogens (tertiary/aromatic N) is 1. The van der Waals surface area contributed by atoms with Crippen LogP contribution in [0.1, 0.15) is 47.5 Å². The molecule has 0 radical (unpaired) electrons. The van der Waals surface area contributed by atoms with Crippen LogP contribution in [0.4, 0.5) is 0 Å². The van der Waals surface area contributed by atoms with Gasteiger partial charge in [-0.3, -0.25) is 0 Å². The predicted octanol–water partition coefficient (Wildman–Crippen LogP) is 0.924. The molecule has 1 atom stereocenters. The van der Waals surface area contributed by atoms with E-state index in [1.165, 1.54) is 0 Å².